The summed E-state index contributed by atoms with van der Waals surface area (Å²) in [6, 6.07) is 17.9. The van der Waals surface area contributed by atoms with Gasteiger partial charge in [0.25, 0.3) is 11.5 Å². The van der Waals surface area contributed by atoms with Gasteiger partial charge in [0, 0.05) is 13.1 Å². The van der Waals surface area contributed by atoms with Gasteiger partial charge < -0.3 is 9.64 Å². The molecule has 1 amide bonds. The molecule has 0 radical (unpaired) electrons. The maximum Gasteiger partial charge on any atom is 0.274 e. The standard InChI is InChI=1S/C21H20FN3O3/c1-24(13-14-28-18-9-7-17(22)8-10-18)21(27)19-11-12-20(26)25(23-19)15-16-5-3-2-4-6-16/h2-12H,13-15H2,1H3. The largest absolute Gasteiger partial charge is 0.492 e. The maximum absolute atomic E-state index is 12.9. The zero-order valence-corrected chi connectivity index (χ0v) is 15.4. The molecule has 0 aliphatic heterocycles. The Balaban J connectivity index is 1.62. The molecule has 28 heavy (non-hydrogen) atoms. The van der Waals surface area contributed by atoms with Crippen LogP contribution >= 0.6 is 0 Å². The first kappa shape index (κ1) is 19.3. The zero-order valence-electron chi connectivity index (χ0n) is 15.4. The van der Waals surface area contributed by atoms with Gasteiger partial charge in [0.1, 0.15) is 23.9 Å². The van der Waals surface area contributed by atoms with Gasteiger partial charge in [-0.05, 0) is 35.9 Å². The van der Waals surface area contributed by atoms with Crippen molar-refractivity contribution >= 4 is 5.91 Å². The Labute approximate surface area is 161 Å². The molecule has 0 unspecified atom stereocenters. The highest BCUT2D eigenvalue weighted by Gasteiger charge is 2.15. The fourth-order valence-electron chi connectivity index (χ4n) is 2.56. The third-order valence-corrected chi connectivity index (χ3v) is 4.12. The van der Waals surface area contributed by atoms with E-state index in [-0.39, 0.29) is 36.1 Å². The molecule has 0 saturated carbocycles. The van der Waals surface area contributed by atoms with E-state index in [1.807, 2.05) is 30.3 Å². The van der Waals surface area contributed by atoms with E-state index >= 15 is 0 Å². The Kier molecular flexibility index (Phi) is 6.16. The smallest absolute Gasteiger partial charge is 0.274 e. The molecule has 1 heterocycles. The Morgan fingerprint density at radius 3 is 2.50 bits per heavy atom. The number of likely N-dealkylation sites (N-methyl/N-ethyl adjacent to an activating group) is 1. The summed E-state index contributed by atoms with van der Waals surface area (Å²) in [5, 5.41) is 4.19. The summed E-state index contributed by atoms with van der Waals surface area (Å²) in [4.78, 5) is 26.1. The van der Waals surface area contributed by atoms with Crippen molar-refractivity contribution in [1.29, 1.82) is 0 Å². The fraction of sp³-hybridized carbons (Fsp3) is 0.190. The van der Waals surface area contributed by atoms with Crippen LogP contribution in [-0.4, -0.2) is 40.8 Å². The topological polar surface area (TPSA) is 64.4 Å². The monoisotopic (exact) mass is 381 g/mol. The molecule has 3 aromatic rings. The minimum atomic E-state index is -0.337. The van der Waals surface area contributed by atoms with E-state index in [1.54, 1.807) is 7.05 Å². The van der Waals surface area contributed by atoms with Gasteiger partial charge in [-0.3, -0.25) is 9.59 Å². The molecule has 0 fully saturated rings. The summed E-state index contributed by atoms with van der Waals surface area (Å²) in [5.41, 5.74) is 0.824. The molecule has 144 valence electrons. The van der Waals surface area contributed by atoms with Gasteiger partial charge in [-0.15, -0.1) is 0 Å². The van der Waals surface area contributed by atoms with Gasteiger partial charge in [-0.25, -0.2) is 9.07 Å². The summed E-state index contributed by atoms with van der Waals surface area (Å²) >= 11 is 0. The molecule has 2 aromatic carbocycles. The fourth-order valence-corrected chi connectivity index (χ4v) is 2.56. The summed E-state index contributed by atoms with van der Waals surface area (Å²) in [6.45, 7) is 0.853. The van der Waals surface area contributed by atoms with Gasteiger partial charge in [-0.1, -0.05) is 30.3 Å². The van der Waals surface area contributed by atoms with Crippen LogP contribution in [0.3, 0.4) is 0 Å². The van der Waals surface area contributed by atoms with E-state index in [0.717, 1.165) is 5.56 Å². The minimum Gasteiger partial charge on any atom is -0.492 e. The average Bonchev–Trinajstić information content (AvgIpc) is 2.71. The van der Waals surface area contributed by atoms with Crippen LogP contribution in [0.1, 0.15) is 16.1 Å². The summed E-state index contributed by atoms with van der Waals surface area (Å²) in [6.07, 6.45) is 0. The van der Waals surface area contributed by atoms with Crippen molar-refractivity contribution in [1.82, 2.24) is 14.7 Å². The lowest BCUT2D eigenvalue weighted by atomic mass is 10.2. The molecule has 0 N–H and O–H groups in total. The number of carbonyl (C=O) groups excluding carboxylic acids is 1. The highest BCUT2D eigenvalue weighted by molar-refractivity contribution is 5.91. The summed E-state index contributed by atoms with van der Waals surface area (Å²) < 4.78 is 19.7. The first-order valence-electron chi connectivity index (χ1n) is 8.79. The van der Waals surface area contributed by atoms with Crippen molar-refractivity contribution in [3.63, 3.8) is 0 Å². The van der Waals surface area contributed by atoms with E-state index in [9.17, 15) is 14.0 Å². The van der Waals surface area contributed by atoms with Crippen LogP contribution in [0.2, 0.25) is 0 Å². The third-order valence-electron chi connectivity index (χ3n) is 4.12. The number of halogens is 1. The quantitative estimate of drug-likeness (QED) is 0.631. The lowest BCUT2D eigenvalue weighted by Crippen LogP contribution is -2.33. The number of nitrogens with zero attached hydrogens (tertiary/aromatic N) is 3. The lowest BCUT2D eigenvalue weighted by Gasteiger charge is -2.17. The van der Waals surface area contributed by atoms with Crippen molar-refractivity contribution in [3.8, 4) is 5.75 Å². The van der Waals surface area contributed by atoms with Crippen LogP contribution in [0, 0.1) is 5.82 Å². The van der Waals surface area contributed by atoms with Gasteiger partial charge >= 0.3 is 0 Å². The van der Waals surface area contributed by atoms with Crippen LogP contribution in [-0.2, 0) is 6.54 Å². The normalized spacial score (nSPS) is 10.5. The first-order valence-corrected chi connectivity index (χ1v) is 8.79. The number of benzene rings is 2. The second-order valence-electron chi connectivity index (χ2n) is 6.23. The second kappa shape index (κ2) is 8.94. The van der Waals surface area contributed by atoms with Crippen LogP contribution in [0.5, 0.6) is 5.75 Å². The summed E-state index contributed by atoms with van der Waals surface area (Å²) in [7, 11) is 1.63. The Morgan fingerprint density at radius 1 is 1.07 bits per heavy atom. The molecule has 0 aliphatic carbocycles. The van der Waals surface area contributed by atoms with Crippen LogP contribution in [0.4, 0.5) is 4.39 Å². The Morgan fingerprint density at radius 2 is 1.79 bits per heavy atom. The highest BCUT2D eigenvalue weighted by Crippen LogP contribution is 2.11. The maximum atomic E-state index is 12.9. The Hall–Kier alpha value is -3.48. The number of rotatable bonds is 7. The SMILES string of the molecule is CN(CCOc1ccc(F)cc1)C(=O)c1ccc(=O)n(Cc2ccccc2)n1. The number of amides is 1. The van der Waals surface area contributed by atoms with Crippen LogP contribution < -0.4 is 10.3 Å². The lowest BCUT2D eigenvalue weighted by molar-refractivity contribution is 0.0765. The summed E-state index contributed by atoms with van der Waals surface area (Å²) in [5.74, 6) is -0.127. The van der Waals surface area contributed by atoms with Crippen molar-refractivity contribution in [2.45, 2.75) is 6.54 Å². The van der Waals surface area contributed by atoms with E-state index in [2.05, 4.69) is 5.10 Å². The highest BCUT2D eigenvalue weighted by atomic mass is 19.1. The third kappa shape index (κ3) is 5.03. The number of hydrogen-bond donors (Lipinski definition) is 0. The van der Waals surface area contributed by atoms with E-state index in [4.69, 9.17) is 4.74 Å². The van der Waals surface area contributed by atoms with Gasteiger partial charge in [0.15, 0.2) is 0 Å². The molecule has 1 aromatic heterocycles. The molecule has 0 atom stereocenters. The Bertz CT molecular complexity index is 988. The first-order chi connectivity index (χ1) is 13.5. The minimum absolute atomic E-state index is 0.180. The van der Waals surface area contributed by atoms with Crippen LogP contribution in [0.15, 0.2) is 71.5 Å². The molecular formula is C21H20FN3O3. The van der Waals surface area contributed by atoms with Gasteiger partial charge in [-0.2, -0.15) is 5.10 Å². The van der Waals surface area contributed by atoms with Crippen LogP contribution in [0.25, 0.3) is 0 Å². The number of aromatic nitrogens is 2. The van der Waals surface area contributed by atoms with Crippen molar-refractivity contribution in [3.05, 3.63) is 94.2 Å². The van der Waals surface area contributed by atoms with Gasteiger partial charge in [0.2, 0.25) is 0 Å². The molecule has 0 spiro atoms. The van der Waals surface area contributed by atoms with Crippen molar-refractivity contribution in [2.24, 2.45) is 0 Å². The molecular weight excluding hydrogens is 361 g/mol. The van der Waals surface area contributed by atoms with Crippen molar-refractivity contribution < 1.29 is 13.9 Å². The molecule has 7 heteroatoms. The van der Waals surface area contributed by atoms with Crippen molar-refractivity contribution in [2.75, 3.05) is 20.2 Å². The number of carbonyl (C=O) groups is 1. The van der Waals surface area contributed by atoms with Gasteiger partial charge in [0.05, 0.1) is 13.1 Å². The van der Waals surface area contributed by atoms with E-state index in [1.165, 1.54) is 46.0 Å². The van der Waals surface area contributed by atoms with E-state index in [0.29, 0.717) is 12.3 Å². The second-order valence-corrected chi connectivity index (χ2v) is 6.23. The molecule has 0 bridgehead atoms. The molecule has 0 aliphatic rings. The molecule has 3 rings (SSSR count). The average molecular weight is 381 g/mol. The number of ether oxygens (including phenoxy) is 1. The zero-order chi connectivity index (χ0) is 19.9. The molecule has 6 nitrogen and oxygen atoms in total. The molecule has 0 saturated heterocycles. The van der Waals surface area contributed by atoms with E-state index < -0.39 is 0 Å². The number of hydrogen-bond acceptors (Lipinski definition) is 4. The predicted molar refractivity (Wildman–Crippen MR) is 103 cm³/mol. The predicted octanol–water partition coefficient (Wildman–Crippen LogP) is 2.58.